The third-order valence-corrected chi connectivity index (χ3v) is 5.36. The molecule has 1 fully saturated rings. The second kappa shape index (κ2) is 7.31. The van der Waals surface area contributed by atoms with Crippen LogP contribution in [0, 0.1) is 0 Å². The monoisotopic (exact) mass is 364 g/mol. The second-order valence-corrected chi connectivity index (χ2v) is 7.04. The summed E-state index contributed by atoms with van der Waals surface area (Å²) in [5.41, 5.74) is 4.22. The molecule has 0 spiro atoms. The van der Waals surface area contributed by atoms with Gasteiger partial charge in [0.05, 0.1) is 0 Å². The van der Waals surface area contributed by atoms with Crippen molar-refractivity contribution < 1.29 is 9.59 Å². The Morgan fingerprint density at radius 1 is 0.963 bits per heavy atom. The molecule has 2 aromatic rings. The Morgan fingerprint density at radius 2 is 1.70 bits per heavy atom. The number of benzene rings is 2. The van der Waals surface area contributed by atoms with Gasteiger partial charge in [0.1, 0.15) is 0 Å². The van der Waals surface area contributed by atoms with Gasteiger partial charge in [-0.2, -0.15) is 0 Å². The van der Waals surface area contributed by atoms with E-state index in [0.29, 0.717) is 19.5 Å². The number of para-hydroxylation sites is 1. The molecule has 0 aliphatic carbocycles. The fraction of sp³-hybridized carbons (Fsp3) is 0.333. The van der Waals surface area contributed by atoms with E-state index < -0.39 is 0 Å². The van der Waals surface area contributed by atoms with Crippen molar-refractivity contribution >= 4 is 29.0 Å². The lowest BCUT2D eigenvalue weighted by atomic mass is 10.0. The molecule has 1 saturated heterocycles. The van der Waals surface area contributed by atoms with E-state index in [1.165, 1.54) is 11.3 Å². The molecule has 6 nitrogen and oxygen atoms in total. The smallest absolute Gasteiger partial charge is 0.321 e. The van der Waals surface area contributed by atoms with E-state index in [9.17, 15) is 9.59 Å². The van der Waals surface area contributed by atoms with Crippen LogP contribution in [0.2, 0.25) is 0 Å². The third-order valence-electron chi connectivity index (χ3n) is 5.36. The van der Waals surface area contributed by atoms with Gasteiger partial charge in [0.25, 0.3) is 0 Å². The second-order valence-electron chi connectivity index (χ2n) is 7.04. The topological polar surface area (TPSA) is 55.9 Å². The highest BCUT2D eigenvalue weighted by Crippen LogP contribution is 2.31. The maximum Gasteiger partial charge on any atom is 0.321 e. The van der Waals surface area contributed by atoms with Crippen LogP contribution in [-0.4, -0.2) is 50.1 Å². The lowest BCUT2D eigenvalue weighted by Crippen LogP contribution is -2.50. The van der Waals surface area contributed by atoms with E-state index >= 15 is 0 Å². The van der Waals surface area contributed by atoms with Gasteiger partial charge in [-0.25, -0.2) is 4.79 Å². The van der Waals surface area contributed by atoms with Crippen molar-refractivity contribution in [2.75, 3.05) is 48.3 Å². The van der Waals surface area contributed by atoms with Crippen molar-refractivity contribution in [2.24, 2.45) is 0 Å². The fourth-order valence-electron chi connectivity index (χ4n) is 3.73. The van der Waals surface area contributed by atoms with Crippen LogP contribution in [0.4, 0.5) is 21.9 Å². The summed E-state index contributed by atoms with van der Waals surface area (Å²) in [7, 11) is 1.84. The summed E-state index contributed by atoms with van der Waals surface area (Å²) < 4.78 is 0. The number of carbonyl (C=O) groups is 2. The Morgan fingerprint density at radius 3 is 2.44 bits per heavy atom. The number of carbonyl (C=O) groups excluding carboxylic acids is 2. The van der Waals surface area contributed by atoms with Gasteiger partial charge < -0.3 is 20.0 Å². The molecule has 2 aliphatic heterocycles. The molecule has 2 aliphatic rings. The van der Waals surface area contributed by atoms with Crippen LogP contribution >= 0.6 is 0 Å². The van der Waals surface area contributed by atoms with Gasteiger partial charge in [0, 0.05) is 56.7 Å². The number of piperazine rings is 1. The molecule has 1 N–H and O–H groups in total. The number of amides is 3. The number of nitrogens with one attached hydrogen (secondary N) is 1. The highest BCUT2D eigenvalue weighted by atomic mass is 16.2. The summed E-state index contributed by atoms with van der Waals surface area (Å²) in [6.45, 7) is 2.98. The Labute approximate surface area is 159 Å². The first-order valence-electron chi connectivity index (χ1n) is 9.37. The van der Waals surface area contributed by atoms with Crippen molar-refractivity contribution in [3.8, 4) is 0 Å². The first-order valence-corrected chi connectivity index (χ1v) is 9.37. The van der Waals surface area contributed by atoms with E-state index in [1.54, 1.807) is 4.90 Å². The number of aryl methyl sites for hydroxylation is 1. The zero-order chi connectivity index (χ0) is 18.8. The van der Waals surface area contributed by atoms with Gasteiger partial charge in [-0.1, -0.05) is 18.2 Å². The summed E-state index contributed by atoms with van der Waals surface area (Å²) in [4.78, 5) is 30.2. The SMILES string of the molecule is CN1C(=O)CCc2cc(N3CCN(C(=O)Nc4ccccc4)CC3)ccc21. The van der Waals surface area contributed by atoms with Crippen LogP contribution in [0.25, 0.3) is 0 Å². The average Bonchev–Trinajstić information content (AvgIpc) is 2.71. The molecule has 2 aromatic carbocycles. The minimum atomic E-state index is -0.0496. The lowest BCUT2D eigenvalue weighted by molar-refractivity contribution is -0.118. The predicted molar refractivity (Wildman–Crippen MR) is 107 cm³/mol. The minimum absolute atomic E-state index is 0.0496. The van der Waals surface area contributed by atoms with E-state index in [-0.39, 0.29) is 11.9 Å². The summed E-state index contributed by atoms with van der Waals surface area (Å²) in [6, 6.07) is 15.8. The van der Waals surface area contributed by atoms with Gasteiger partial charge >= 0.3 is 6.03 Å². The van der Waals surface area contributed by atoms with Crippen molar-refractivity contribution in [1.29, 1.82) is 0 Å². The number of urea groups is 1. The standard InChI is InChI=1S/C21H24N4O2/c1-23-19-9-8-18(15-16(19)7-10-20(23)26)24-11-13-25(14-12-24)21(27)22-17-5-3-2-4-6-17/h2-6,8-9,15H,7,10-14H2,1H3,(H,22,27). The van der Waals surface area contributed by atoms with Crippen LogP contribution in [0.5, 0.6) is 0 Å². The number of hydrogen-bond donors (Lipinski definition) is 1. The molecule has 0 saturated carbocycles. The Kier molecular flexibility index (Phi) is 4.71. The number of nitrogens with zero attached hydrogens (tertiary/aromatic N) is 3. The van der Waals surface area contributed by atoms with Crippen molar-refractivity contribution in [2.45, 2.75) is 12.8 Å². The molecule has 0 radical (unpaired) electrons. The molecule has 0 atom stereocenters. The average molecular weight is 364 g/mol. The molecule has 3 amide bonds. The number of rotatable bonds is 2. The number of anilines is 3. The van der Waals surface area contributed by atoms with Crippen molar-refractivity contribution in [3.63, 3.8) is 0 Å². The Balaban J connectivity index is 1.38. The molecule has 4 rings (SSSR count). The van der Waals surface area contributed by atoms with Gasteiger partial charge in [-0.15, -0.1) is 0 Å². The van der Waals surface area contributed by atoms with Gasteiger partial charge in [-0.05, 0) is 42.3 Å². The van der Waals surface area contributed by atoms with E-state index in [1.807, 2.05) is 48.3 Å². The minimum Gasteiger partial charge on any atom is -0.368 e. The number of fused-ring (bicyclic) bond motifs is 1. The highest BCUT2D eigenvalue weighted by molar-refractivity contribution is 5.96. The van der Waals surface area contributed by atoms with Crippen LogP contribution in [0.3, 0.4) is 0 Å². The number of hydrogen-bond acceptors (Lipinski definition) is 3. The molecule has 27 heavy (non-hydrogen) atoms. The summed E-state index contributed by atoms with van der Waals surface area (Å²) in [5, 5.41) is 2.95. The molecule has 140 valence electrons. The van der Waals surface area contributed by atoms with Crippen LogP contribution in [-0.2, 0) is 11.2 Å². The Hall–Kier alpha value is -3.02. The first kappa shape index (κ1) is 17.4. The predicted octanol–water partition coefficient (Wildman–Crippen LogP) is 2.95. The van der Waals surface area contributed by atoms with E-state index in [4.69, 9.17) is 0 Å². The van der Waals surface area contributed by atoms with Gasteiger partial charge in [0.2, 0.25) is 5.91 Å². The maximum absolute atomic E-state index is 12.4. The normalized spacial score (nSPS) is 16.9. The fourth-order valence-corrected chi connectivity index (χ4v) is 3.73. The zero-order valence-corrected chi connectivity index (χ0v) is 15.5. The molecule has 0 bridgehead atoms. The summed E-state index contributed by atoms with van der Waals surface area (Å²) in [5.74, 6) is 0.174. The maximum atomic E-state index is 12.4. The van der Waals surface area contributed by atoms with Crippen molar-refractivity contribution in [1.82, 2.24) is 4.90 Å². The summed E-state index contributed by atoms with van der Waals surface area (Å²) >= 11 is 0. The quantitative estimate of drug-likeness (QED) is 0.891. The Bertz CT molecular complexity index is 845. The van der Waals surface area contributed by atoms with E-state index in [0.717, 1.165) is 30.9 Å². The first-order chi connectivity index (χ1) is 13.1. The summed E-state index contributed by atoms with van der Waals surface area (Å²) in [6.07, 6.45) is 1.37. The van der Waals surface area contributed by atoms with Crippen molar-refractivity contribution in [3.05, 3.63) is 54.1 Å². The van der Waals surface area contributed by atoms with Crippen LogP contribution in [0.15, 0.2) is 48.5 Å². The lowest BCUT2D eigenvalue weighted by Gasteiger charge is -2.37. The largest absolute Gasteiger partial charge is 0.368 e. The molecular weight excluding hydrogens is 340 g/mol. The van der Waals surface area contributed by atoms with E-state index in [2.05, 4.69) is 22.3 Å². The molecule has 2 heterocycles. The van der Waals surface area contributed by atoms with Gasteiger partial charge in [-0.3, -0.25) is 4.79 Å². The zero-order valence-electron chi connectivity index (χ0n) is 15.5. The third kappa shape index (κ3) is 3.60. The highest BCUT2D eigenvalue weighted by Gasteiger charge is 2.24. The molecule has 6 heteroatoms. The van der Waals surface area contributed by atoms with Crippen LogP contribution in [0.1, 0.15) is 12.0 Å². The molecule has 0 aromatic heterocycles. The molecular formula is C21H24N4O2. The molecule has 0 unspecified atom stereocenters. The van der Waals surface area contributed by atoms with Gasteiger partial charge in [0.15, 0.2) is 0 Å². The van der Waals surface area contributed by atoms with Crippen LogP contribution < -0.4 is 15.1 Å².